The second-order valence-electron chi connectivity index (χ2n) is 11.0. The van der Waals surface area contributed by atoms with Crippen molar-refractivity contribution in [2.45, 2.75) is 46.5 Å². The van der Waals surface area contributed by atoms with E-state index < -0.39 is 11.9 Å². The predicted octanol–water partition coefficient (Wildman–Crippen LogP) is 7.22. The van der Waals surface area contributed by atoms with Crippen molar-refractivity contribution in [3.8, 4) is 23.0 Å². The van der Waals surface area contributed by atoms with Gasteiger partial charge in [0, 0.05) is 53.1 Å². The molecule has 3 heterocycles. The van der Waals surface area contributed by atoms with Crippen LogP contribution in [0.3, 0.4) is 0 Å². The zero-order valence-electron chi connectivity index (χ0n) is 24.8. The van der Waals surface area contributed by atoms with Crippen molar-refractivity contribution in [2.24, 2.45) is 11.8 Å². The van der Waals surface area contributed by atoms with Crippen molar-refractivity contribution < 1.29 is 43.2 Å². The number of hydrogen-bond acceptors (Lipinski definition) is 10. The van der Waals surface area contributed by atoms with E-state index >= 15 is 0 Å². The molecule has 0 saturated heterocycles. The first kappa shape index (κ1) is 31.5. The number of thiophene rings is 2. The summed E-state index contributed by atoms with van der Waals surface area (Å²) >= 11 is 2.69. The molecule has 1 aliphatic rings. The quantitative estimate of drug-likeness (QED) is 0.199. The molecule has 0 bridgehead atoms. The predicted molar refractivity (Wildman–Crippen MR) is 169 cm³/mol. The summed E-state index contributed by atoms with van der Waals surface area (Å²) in [5.74, 6) is -0.0440. The van der Waals surface area contributed by atoms with Gasteiger partial charge in [0.25, 0.3) is 0 Å². The van der Waals surface area contributed by atoms with Gasteiger partial charge in [-0.2, -0.15) is 0 Å². The lowest BCUT2D eigenvalue weighted by molar-refractivity contribution is -0.141. The van der Waals surface area contributed by atoms with E-state index in [1.807, 2.05) is 30.3 Å². The van der Waals surface area contributed by atoms with Gasteiger partial charge < -0.3 is 24.1 Å². The van der Waals surface area contributed by atoms with Gasteiger partial charge in [0.05, 0.1) is 42.1 Å². The first-order valence-corrected chi connectivity index (χ1v) is 16.2. The van der Waals surface area contributed by atoms with Crippen molar-refractivity contribution in [1.29, 1.82) is 0 Å². The van der Waals surface area contributed by atoms with Crippen LogP contribution in [0.25, 0.3) is 20.2 Å². The van der Waals surface area contributed by atoms with Crippen LogP contribution in [0.1, 0.15) is 65.8 Å². The lowest BCUT2D eigenvalue weighted by Gasteiger charge is -2.16. The van der Waals surface area contributed by atoms with E-state index in [-0.39, 0.29) is 36.1 Å². The Kier molecular flexibility index (Phi) is 9.85. The first-order valence-electron chi connectivity index (χ1n) is 14.5. The average Bonchev–Trinajstić information content (AvgIpc) is 3.59. The smallest absolute Gasteiger partial charge is 0.306 e. The zero-order valence-corrected chi connectivity index (χ0v) is 26.4. The summed E-state index contributed by atoms with van der Waals surface area (Å²) in [6, 6.07) is 11.1. The van der Waals surface area contributed by atoms with Gasteiger partial charge >= 0.3 is 5.97 Å². The molecule has 0 radical (unpaired) electrons. The number of carboxylic acids is 1. The highest BCUT2D eigenvalue weighted by atomic mass is 32.1. The molecule has 0 fully saturated rings. The summed E-state index contributed by atoms with van der Waals surface area (Å²) in [7, 11) is 0. The minimum absolute atomic E-state index is 0.00374. The molecule has 9 nitrogen and oxygen atoms in total. The highest BCUT2D eigenvalue weighted by Gasteiger charge is 2.21. The Hall–Kier alpha value is -3.96. The van der Waals surface area contributed by atoms with Crippen molar-refractivity contribution in [3.63, 3.8) is 0 Å². The van der Waals surface area contributed by atoms with Crippen LogP contribution >= 0.6 is 22.7 Å². The van der Waals surface area contributed by atoms with Crippen molar-refractivity contribution >= 4 is 66.2 Å². The second-order valence-corrected chi connectivity index (χ2v) is 13.2. The highest BCUT2D eigenvalue weighted by Crippen LogP contribution is 2.39. The number of carbonyl (C=O) groups excluding carboxylic acids is 3. The van der Waals surface area contributed by atoms with Crippen LogP contribution in [0.15, 0.2) is 36.4 Å². The van der Waals surface area contributed by atoms with Gasteiger partial charge in [0.15, 0.2) is 34.6 Å². The van der Waals surface area contributed by atoms with E-state index in [1.165, 1.54) is 36.5 Å². The number of aliphatic carboxylic acids is 1. The molecule has 5 rings (SSSR count). The number of fused-ring (bicyclic) bond motifs is 4. The maximum atomic E-state index is 12.8. The molecule has 1 N–H and O–H groups in total. The maximum Gasteiger partial charge on any atom is 0.306 e. The van der Waals surface area contributed by atoms with E-state index in [2.05, 4.69) is 0 Å². The van der Waals surface area contributed by atoms with Crippen LogP contribution in [-0.4, -0.2) is 54.9 Å². The molecule has 232 valence electrons. The summed E-state index contributed by atoms with van der Waals surface area (Å²) in [4.78, 5) is 49.4. The largest absolute Gasteiger partial charge is 0.490 e. The number of carboxylic acid groups (broad SMARTS) is 1. The van der Waals surface area contributed by atoms with Crippen molar-refractivity contribution in [1.82, 2.24) is 0 Å². The van der Waals surface area contributed by atoms with Crippen LogP contribution in [0.5, 0.6) is 23.0 Å². The fourth-order valence-corrected chi connectivity index (χ4v) is 6.70. The van der Waals surface area contributed by atoms with Gasteiger partial charge in [-0.3, -0.25) is 19.2 Å². The SMILES string of the molecule is CC(=O)[C@@H](C)CC(=O)c1cc2cc3c(cc2s1)OCCCOc1cc2sc(C(=O)C[C@H](C)C(=O)O)cc2cc1OCCCO3. The molecule has 0 unspecified atom stereocenters. The molecule has 0 saturated carbocycles. The molecule has 44 heavy (non-hydrogen) atoms. The number of carbonyl (C=O) groups is 4. The topological polar surface area (TPSA) is 125 Å². The number of Topliss-reactive ketones (excluding diaryl/α,β-unsaturated/α-hetero) is 3. The molecule has 0 amide bonds. The minimum atomic E-state index is -0.997. The molecule has 4 aromatic rings. The third-order valence-corrected chi connectivity index (χ3v) is 9.70. The monoisotopic (exact) mass is 638 g/mol. The Morgan fingerprint density at radius 3 is 1.43 bits per heavy atom. The summed E-state index contributed by atoms with van der Waals surface area (Å²) < 4.78 is 26.1. The molecular formula is C33H34O9S2. The van der Waals surface area contributed by atoms with E-state index in [0.29, 0.717) is 72.0 Å². The molecule has 2 aromatic carbocycles. The van der Waals surface area contributed by atoms with Crippen LogP contribution in [0.4, 0.5) is 0 Å². The summed E-state index contributed by atoms with van der Waals surface area (Å²) in [5, 5.41) is 10.9. The number of ketones is 3. The van der Waals surface area contributed by atoms with Crippen molar-refractivity contribution in [3.05, 3.63) is 46.2 Å². The molecule has 2 aromatic heterocycles. The van der Waals surface area contributed by atoms with Gasteiger partial charge in [0.2, 0.25) is 0 Å². The van der Waals surface area contributed by atoms with E-state index in [4.69, 9.17) is 24.1 Å². The van der Waals surface area contributed by atoms with E-state index in [9.17, 15) is 19.2 Å². The third kappa shape index (κ3) is 7.39. The average molecular weight is 639 g/mol. The van der Waals surface area contributed by atoms with Gasteiger partial charge in [0.1, 0.15) is 5.78 Å². The number of rotatable bonds is 8. The van der Waals surface area contributed by atoms with Crippen LogP contribution in [-0.2, 0) is 9.59 Å². The molecule has 2 atom stereocenters. The Bertz CT molecular complexity index is 1510. The Labute approximate surface area is 262 Å². The molecule has 11 heteroatoms. The lowest BCUT2D eigenvalue weighted by Crippen LogP contribution is -2.13. The van der Waals surface area contributed by atoms with E-state index in [1.54, 1.807) is 13.0 Å². The number of benzene rings is 2. The van der Waals surface area contributed by atoms with Crippen LogP contribution in [0, 0.1) is 11.8 Å². The van der Waals surface area contributed by atoms with Gasteiger partial charge in [-0.15, -0.1) is 22.7 Å². The van der Waals surface area contributed by atoms with Crippen LogP contribution in [0.2, 0.25) is 0 Å². The lowest BCUT2D eigenvalue weighted by atomic mass is 10.0. The molecule has 0 aliphatic carbocycles. The molecular weight excluding hydrogens is 604 g/mol. The number of ether oxygens (including phenoxy) is 4. The summed E-state index contributed by atoms with van der Waals surface area (Å²) in [6.07, 6.45) is 1.27. The fraction of sp³-hybridized carbons (Fsp3) is 0.394. The normalized spacial score (nSPS) is 15.3. The molecule has 0 spiro atoms. The third-order valence-electron chi connectivity index (χ3n) is 7.42. The van der Waals surface area contributed by atoms with Gasteiger partial charge in [-0.05, 0) is 42.0 Å². The highest BCUT2D eigenvalue weighted by molar-refractivity contribution is 7.21. The minimum Gasteiger partial charge on any atom is -0.490 e. The Balaban J connectivity index is 1.30. The Morgan fingerprint density at radius 1 is 0.659 bits per heavy atom. The standard InChI is InChI=1S/C33H34O9S2/c1-18(20(3)34)10-23(35)31-14-21-12-25-27(16-29(21)43-31)41-8-5-9-42-28-17-30-22(13-26(28)40-7-4-6-39-25)15-32(44-30)24(36)11-19(2)33(37)38/h12-19H,4-11H2,1-3H3,(H,37,38)/t18-,19-/m0/s1. The fourth-order valence-electron chi connectivity index (χ4n) is 4.66. The van der Waals surface area contributed by atoms with E-state index in [0.717, 1.165) is 20.2 Å². The first-order chi connectivity index (χ1) is 21.1. The van der Waals surface area contributed by atoms with Crippen molar-refractivity contribution in [2.75, 3.05) is 26.4 Å². The Morgan fingerprint density at radius 2 is 1.05 bits per heavy atom. The summed E-state index contributed by atoms with van der Waals surface area (Å²) in [6.45, 7) is 6.25. The van der Waals surface area contributed by atoms with Crippen LogP contribution < -0.4 is 18.9 Å². The molecule has 1 aliphatic heterocycles. The zero-order chi connectivity index (χ0) is 31.4. The summed E-state index contributed by atoms with van der Waals surface area (Å²) in [5.41, 5.74) is 0. The second kappa shape index (κ2) is 13.8. The maximum absolute atomic E-state index is 12.8. The van der Waals surface area contributed by atoms with Gasteiger partial charge in [-0.1, -0.05) is 13.8 Å². The van der Waals surface area contributed by atoms with Gasteiger partial charge in [-0.25, -0.2) is 0 Å². The number of hydrogen-bond donors (Lipinski definition) is 1.